The van der Waals surface area contributed by atoms with Gasteiger partial charge < -0.3 is 24.7 Å². The third-order valence-corrected chi connectivity index (χ3v) is 6.72. The van der Waals surface area contributed by atoms with Gasteiger partial charge in [-0.1, -0.05) is 30.3 Å². The van der Waals surface area contributed by atoms with E-state index in [0.717, 1.165) is 45.2 Å². The highest BCUT2D eigenvalue weighted by Crippen LogP contribution is 2.41. The number of fused-ring (bicyclic) bond motifs is 2. The number of benzene rings is 3. The summed E-state index contributed by atoms with van der Waals surface area (Å²) < 4.78 is 11.9. The van der Waals surface area contributed by atoms with Gasteiger partial charge in [-0.25, -0.2) is 0 Å². The van der Waals surface area contributed by atoms with Crippen molar-refractivity contribution >= 4 is 16.9 Å². The number of nitriles is 1. The van der Waals surface area contributed by atoms with Crippen molar-refractivity contribution in [1.82, 2.24) is 5.32 Å². The molecule has 0 spiro atoms. The van der Waals surface area contributed by atoms with E-state index in [4.69, 9.17) is 19.4 Å². The zero-order chi connectivity index (χ0) is 25.2. The van der Waals surface area contributed by atoms with Crippen molar-refractivity contribution in [3.63, 3.8) is 0 Å². The number of carboxylic acid groups (broad SMARTS) is 1. The summed E-state index contributed by atoms with van der Waals surface area (Å²) in [6, 6.07) is 20.0. The zero-order valence-corrected chi connectivity index (χ0v) is 19.9. The number of furan rings is 1. The lowest BCUT2D eigenvalue weighted by Gasteiger charge is -2.12. The Morgan fingerprint density at radius 1 is 1.19 bits per heavy atom. The number of aliphatic carboxylic acids is 1. The Balaban J connectivity index is 1.55. The maximum absolute atomic E-state index is 11.0. The van der Waals surface area contributed by atoms with Crippen molar-refractivity contribution in [2.24, 2.45) is 0 Å². The molecule has 5 rings (SSSR count). The largest absolute Gasteiger partial charge is 0.491 e. The Hall–Kier alpha value is -4.12. The molecule has 36 heavy (non-hydrogen) atoms. The third kappa shape index (κ3) is 4.33. The van der Waals surface area contributed by atoms with Crippen LogP contribution in [-0.2, 0) is 11.2 Å². The van der Waals surface area contributed by atoms with Crippen LogP contribution in [0.1, 0.15) is 34.7 Å². The first-order chi connectivity index (χ1) is 17.5. The number of carbonyl (C=O) groups is 1. The fourth-order valence-electron chi connectivity index (χ4n) is 5.07. The van der Waals surface area contributed by atoms with Crippen LogP contribution in [0.4, 0.5) is 0 Å². The fraction of sp³-hybridized carbons (Fsp3) is 0.241. The summed E-state index contributed by atoms with van der Waals surface area (Å²) in [5.41, 5.74) is 6.97. The smallest absolute Gasteiger partial charge is 0.317 e. The Labute approximate surface area is 208 Å². The van der Waals surface area contributed by atoms with Gasteiger partial charge in [-0.05, 0) is 71.8 Å². The fourth-order valence-corrected chi connectivity index (χ4v) is 5.07. The van der Waals surface area contributed by atoms with Crippen molar-refractivity contribution in [3.05, 3.63) is 76.9 Å². The summed E-state index contributed by atoms with van der Waals surface area (Å²) in [5.74, 6) is 0.457. The molecule has 0 saturated carbocycles. The van der Waals surface area contributed by atoms with Gasteiger partial charge in [-0.15, -0.1) is 0 Å². The van der Waals surface area contributed by atoms with Crippen molar-refractivity contribution in [1.29, 1.82) is 5.26 Å². The van der Waals surface area contributed by atoms with Crippen LogP contribution in [0.5, 0.6) is 5.75 Å². The van der Waals surface area contributed by atoms with E-state index in [1.165, 1.54) is 0 Å². The molecule has 0 amide bonds. The Morgan fingerprint density at radius 2 is 2.00 bits per heavy atom. The van der Waals surface area contributed by atoms with Crippen molar-refractivity contribution in [3.8, 4) is 34.3 Å². The number of nitrogens with one attached hydrogen (secondary N) is 1. The minimum atomic E-state index is -0.906. The van der Waals surface area contributed by atoms with Gasteiger partial charge in [0.15, 0.2) is 5.58 Å². The lowest BCUT2D eigenvalue weighted by molar-refractivity contribution is -0.136. The van der Waals surface area contributed by atoms with Crippen LogP contribution in [0, 0.1) is 18.3 Å². The number of ether oxygens (including phenoxy) is 1. The van der Waals surface area contributed by atoms with Crippen LogP contribution >= 0.6 is 0 Å². The quantitative estimate of drug-likeness (QED) is 0.324. The number of hydrogen-bond donors (Lipinski definition) is 3. The van der Waals surface area contributed by atoms with Crippen LogP contribution in [0.3, 0.4) is 0 Å². The van der Waals surface area contributed by atoms with E-state index in [2.05, 4.69) is 11.4 Å². The molecule has 7 heteroatoms. The maximum atomic E-state index is 11.0. The van der Waals surface area contributed by atoms with Gasteiger partial charge in [-0.2, -0.15) is 5.26 Å². The van der Waals surface area contributed by atoms with E-state index in [-0.39, 0.29) is 25.8 Å². The highest BCUT2D eigenvalue weighted by molar-refractivity contribution is 5.91. The normalized spacial score (nSPS) is 14.5. The number of aliphatic hydroxyl groups excluding tert-OH is 1. The van der Waals surface area contributed by atoms with Gasteiger partial charge in [0.2, 0.25) is 0 Å². The lowest BCUT2D eigenvalue weighted by atomic mass is 9.95. The molecule has 1 heterocycles. The molecule has 0 bridgehead atoms. The zero-order valence-electron chi connectivity index (χ0n) is 19.9. The predicted octanol–water partition coefficient (Wildman–Crippen LogP) is 4.98. The van der Waals surface area contributed by atoms with Gasteiger partial charge in [0, 0.05) is 17.0 Å². The maximum Gasteiger partial charge on any atom is 0.317 e. The SMILES string of the molecule is Cc1c(-c2cccc(OCCO)c2)cccc1-c1cc2cc3c(c(C#N)c2o1)CC[C@H]3NCC(=O)O. The van der Waals surface area contributed by atoms with E-state index in [1.807, 2.05) is 61.5 Å². The van der Waals surface area contributed by atoms with E-state index in [1.54, 1.807) is 0 Å². The molecule has 182 valence electrons. The molecule has 0 aliphatic heterocycles. The molecule has 4 aromatic rings. The molecule has 1 aliphatic carbocycles. The summed E-state index contributed by atoms with van der Waals surface area (Å²) >= 11 is 0. The molecule has 0 radical (unpaired) electrons. The molecule has 0 fully saturated rings. The molecular formula is C29H26N2O5. The van der Waals surface area contributed by atoms with E-state index < -0.39 is 5.97 Å². The first-order valence-electron chi connectivity index (χ1n) is 11.9. The number of nitrogens with zero attached hydrogens (tertiary/aromatic N) is 1. The summed E-state index contributed by atoms with van der Waals surface area (Å²) in [6.45, 7) is 2.10. The minimum Gasteiger partial charge on any atom is -0.491 e. The Kier molecular flexibility index (Phi) is 6.47. The van der Waals surface area contributed by atoms with Gasteiger partial charge in [-0.3, -0.25) is 4.79 Å². The molecule has 0 unspecified atom stereocenters. The molecule has 0 saturated heterocycles. The van der Waals surface area contributed by atoms with Crippen LogP contribution in [-0.4, -0.2) is 35.9 Å². The summed E-state index contributed by atoms with van der Waals surface area (Å²) in [7, 11) is 0. The highest BCUT2D eigenvalue weighted by Gasteiger charge is 2.28. The van der Waals surface area contributed by atoms with Crippen LogP contribution in [0.25, 0.3) is 33.4 Å². The van der Waals surface area contributed by atoms with Gasteiger partial charge >= 0.3 is 5.97 Å². The Bertz CT molecular complexity index is 1500. The average Bonchev–Trinajstić information content (AvgIpc) is 3.49. The van der Waals surface area contributed by atoms with Gasteiger partial charge in [0.1, 0.15) is 24.2 Å². The topological polar surface area (TPSA) is 116 Å². The second-order valence-corrected chi connectivity index (χ2v) is 8.90. The molecule has 3 aromatic carbocycles. The summed E-state index contributed by atoms with van der Waals surface area (Å²) in [5, 5.41) is 32.0. The number of hydrogen-bond acceptors (Lipinski definition) is 6. The number of aliphatic hydroxyl groups is 1. The second kappa shape index (κ2) is 9.86. The Morgan fingerprint density at radius 3 is 2.78 bits per heavy atom. The van der Waals surface area contributed by atoms with Crippen molar-refractivity contribution in [2.75, 3.05) is 19.8 Å². The molecule has 3 N–H and O–H groups in total. The van der Waals surface area contributed by atoms with Crippen molar-refractivity contribution < 1.29 is 24.2 Å². The van der Waals surface area contributed by atoms with E-state index in [9.17, 15) is 10.1 Å². The van der Waals surface area contributed by atoms with Crippen LogP contribution in [0.15, 0.2) is 59.0 Å². The molecule has 1 aromatic heterocycles. The summed E-state index contributed by atoms with van der Waals surface area (Å²) in [6.07, 6.45) is 1.45. The monoisotopic (exact) mass is 482 g/mol. The first kappa shape index (κ1) is 23.6. The van der Waals surface area contributed by atoms with Crippen molar-refractivity contribution in [2.45, 2.75) is 25.8 Å². The molecule has 1 atom stereocenters. The number of rotatable bonds is 8. The summed E-state index contributed by atoms with van der Waals surface area (Å²) in [4.78, 5) is 11.0. The molecule has 1 aliphatic rings. The molecular weight excluding hydrogens is 456 g/mol. The standard InChI is InChI=1S/C29H26N2O5/c1-17-21(18-4-2-5-20(12-18)35-11-10-32)6-3-7-22(17)27-14-19-13-24-23(25(15-30)29(19)36-27)8-9-26(24)31-16-28(33)34/h2-7,12-14,26,31-32H,8-11,16H2,1H3,(H,33,34)/t26-/m1/s1. The van der Waals surface area contributed by atoms with Gasteiger partial charge in [0.25, 0.3) is 0 Å². The van der Waals surface area contributed by atoms with Crippen LogP contribution in [0.2, 0.25) is 0 Å². The van der Waals surface area contributed by atoms with E-state index >= 15 is 0 Å². The lowest BCUT2D eigenvalue weighted by Crippen LogP contribution is -2.26. The first-order valence-corrected chi connectivity index (χ1v) is 11.9. The van der Waals surface area contributed by atoms with Crippen LogP contribution < -0.4 is 10.1 Å². The third-order valence-electron chi connectivity index (χ3n) is 6.72. The highest BCUT2D eigenvalue weighted by atomic mass is 16.5. The minimum absolute atomic E-state index is 0.0464. The number of carboxylic acids is 1. The second-order valence-electron chi connectivity index (χ2n) is 8.90. The predicted molar refractivity (Wildman–Crippen MR) is 136 cm³/mol. The average molecular weight is 483 g/mol. The van der Waals surface area contributed by atoms with E-state index in [0.29, 0.717) is 29.1 Å². The molecule has 7 nitrogen and oxygen atoms in total. The van der Waals surface area contributed by atoms with Gasteiger partial charge in [0.05, 0.1) is 18.7 Å².